The number of fused-ring (bicyclic) bond motifs is 1. The van der Waals surface area contributed by atoms with Crippen molar-refractivity contribution in [1.29, 1.82) is 0 Å². The lowest BCUT2D eigenvalue weighted by Crippen LogP contribution is -2.35. The van der Waals surface area contributed by atoms with Crippen molar-refractivity contribution in [1.82, 2.24) is 20.2 Å². The minimum atomic E-state index is -0.483. The Hall–Kier alpha value is -2.86. The molecule has 0 saturated carbocycles. The van der Waals surface area contributed by atoms with Gasteiger partial charge in [-0.25, -0.2) is 9.78 Å². The molecule has 1 atom stereocenters. The van der Waals surface area contributed by atoms with Crippen LogP contribution in [0.15, 0.2) is 54.6 Å². The fourth-order valence-electron chi connectivity index (χ4n) is 3.74. The van der Waals surface area contributed by atoms with E-state index in [2.05, 4.69) is 71.5 Å². The summed E-state index contributed by atoms with van der Waals surface area (Å²) >= 11 is 0. The number of amides is 1. The van der Waals surface area contributed by atoms with Gasteiger partial charge in [0.05, 0.1) is 17.1 Å². The van der Waals surface area contributed by atoms with Crippen molar-refractivity contribution in [2.75, 3.05) is 13.1 Å². The first kappa shape index (κ1) is 23.8. The second-order valence-corrected chi connectivity index (χ2v) is 9.49. The zero-order valence-corrected chi connectivity index (χ0v) is 19.9. The molecular weight excluding hydrogens is 400 g/mol. The van der Waals surface area contributed by atoms with Crippen LogP contribution < -0.4 is 10.6 Å². The van der Waals surface area contributed by atoms with Gasteiger partial charge in [0.2, 0.25) is 0 Å². The van der Waals surface area contributed by atoms with Crippen molar-refractivity contribution in [3.05, 3.63) is 66.0 Å². The Morgan fingerprint density at radius 2 is 1.72 bits per heavy atom. The highest BCUT2D eigenvalue weighted by molar-refractivity contribution is 5.76. The summed E-state index contributed by atoms with van der Waals surface area (Å²) < 4.78 is 7.62. The Kier molecular flexibility index (Phi) is 7.91. The largest absolute Gasteiger partial charge is 0.444 e. The number of carbonyl (C=O) groups is 1. The van der Waals surface area contributed by atoms with E-state index in [0.717, 1.165) is 36.4 Å². The molecule has 0 aliphatic carbocycles. The molecular formula is C26H36N4O2. The molecule has 0 fully saturated rings. The average Bonchev–Trinajstić information content (AvgIpc) is 3.08. The number of carbonyl (C=O) groups excluding carboxylic acids is 1. The summed E-state index contributed by atoms with van der Waals surface area (Å²) in [6.45, 7) is 12.1. The number of nitrogens with one attached hydrogen (secondary N) is 2. The summed E-state index contributed by atoms with van der Waals surface area (Å²) in [7, 11) is 0. The van der Waals surface area contributed by atoms with Gasteiger partial charge in [0.15, 0.2) is 0 Å². The third kappa shape index (κ3) is 6.57. The number of aromatic nitrogens is 2. The number of nitrogens with zero attached hydrogens (tertiary/aromatic N) is 2. The second-order valence-electron chi connectivity index (χ2n) is 9.49. The van der Waals surface area contributed by atoms with Gasteiger partial charge in [-0.1, -0.05) is 56.3 Å². The number of rotatable bonds is 9. The van der Waals surface area contributed by atoms with E-state index >= 15 is 0 Å². The van der Waals surface area contributed by atoms with Gasteiger partial charge in [0.1, 0.15) is 11.4 Å². The number of benzene rings is 2. The van der Waals surface area contributed by atoms with Crippen molar-refractivity contribution >= 4 is 17.1 Å². The molecule has 6 heteroatoms. The molecule has 3 aromatic rings. The quantitative estimate of drug-likeness (QED) is 0.448. The zero-order valence-electron chi connectivity index (χ0n) is 19.9. The number of alkyl carbamates (subject to hydrolysis) is 1. The van der Waals surface area contributed by atoms with Gasteiger partial charge in [-0.15, -0.1) is 0 Å². The van der Waals surface area contributed by atoms with Gasteiger partial charge in [-0.3, -0.25) is 0 Å². The Morgan fingerprint density at radius 3 is 2.41 bits per heavy atom. The van der Waals surface area contributed by atoms with Crippen LogP contribution in [0.4, 0.5) is 4.79 Å². The third-order valence-corrected chi connectivity index (χ3v) is 5.20. The molecule has 0 saturated heterocycles. The monoisotopic (exact) mass is 436 g/mol. The Morgan fingerprint density at radius 1 is 1.03 bits per heavy atom. The van der Waals surface area contributed by atoms with Crippen molar-refractivity contribution in [3.63, 3.8) is 0 Å². The first-order chi connectivity index (χ1) is 15.2. The van der Waals surface area contributed by atoms with Crippen LogP contribution in [0.3, 0.4) is 0 Å². The van der Waals surface area contributed by atoms with Gasteiger partial charge in [0, 0.05) is 13.1 Å². The van der Waals surface area contributed by atoms with Gasteiger partial charge in [-0.05, 0) is 57.4 Å². The highest BCUT2D eigenvalue weighted by Crippen LogP contribution is 2.26. The first-order valence-electron chi connectivity index (χ1n) is 11.4. The molecule has 6 nitrogen and oxygen atoms in total. The SMILES string of the molecule is CC(C)[C@@H](NCCCNC(=O)OC(C)(C)C)c1nc2ccccc2n1Cc1ccccc1. The Labute approximate surface area is 191 Å². The fourth-order valence-corrected chi connectivity index (χ4v) is 3.74. The minimum absolute atomic E-state index is 0.104. The third-order valence-electron chi connectivity index (χ3n) is 5.20. The van der Waals surface area contributed by atoms with E-state index in [0.29, 0.717) is 12.5 Å². The molecule has 1 amide bonds. The maximum Gasteiger partial charge on any atom is 0.407 e. The van der Waals surface area contributed by atoms with E-state index < -0.39 is 5.60 Å². The van der Waals surface area contributed by atoms with Gasteiger partial charge in [0.25, 0.3) is 0 Å². The molecule has 3 rings (SSSR count). The normalized spacial score (nSPS) is 12.8. The maximum absolute atomic E-state index is 11.8. The number of imidazole rings is 1. The van der Waals surface area contributed by atoms with E-state index in [9.17, 15) is 4.79 Å². The molecule has 2 N–H and O–H groups in total. The predicted octanol–water partition coefficient (Wildman–Crippen LogP) is 5.29. The van der Waals surface area contributed by atoms with E-state index in [4.69, 9.17) is 9.72 Å². The van der Waals surface area contributed by atoms with Gasteiger partial charge in [-0.2, -0.15) is 0 Å². The van der Waals surface area contributed by atoms with E-state index in [1.807, 2.05) is 32.9 Å². The molecule has 0 spiro atoms. The van der Waals surface area contributed by atoms with Crippen LogP contribution in [0.2, 0.25) is 0 Å². The van der Waals surface area contributed by atoms with Crippen LogP contribution >= 0.6 is 0 Å². The van der Waals surface area contributed by atoms with Crippen molar-refractivity contribution in [2.24, 2.45) is 5.92 Å². The predicted molar refractivity (Wildman–Crippen MR) is 130 cm³/mol. The molecule has 0 aliphatic heterocycles. The highest BCUT2D eigenvalue weighted by atomic mass is 16.6. The van der Waals surface area contributed by atoms with Crippen LogP contribution in [0.5, 0.6) is 0 Å². The molecule has 1 aromatic heterocycles. The van der Waals surface area contributed by atoms with Crippen LogP contribution in [0, 0.1) is 5.92 Å². The fraction of sp³-hybridized carbons (Fsp3) is 0.462. The molecule has 0 radical (unpaired) electrons. The van der Waals surface area contributed by atoms with Gasteiger partial charge >= 0.3 is 6.09 Å². The van der Waals surface area contributed by atoms with E-state index in [-0.39, 0.29) is 12.1 Å². The van der Waals surface area contributed by atoms with Crippen molar-refractivity contribution in [3.8, 4) is 0 Å². The molecule has 0 unspecified atom stereocenters. The minimum Gasteiger partial charge on any atom is -0.444 e. The Bertz CT molecular complexity index is 1010. The van der Waals surface area contributed by atoms with Gasteiger partial charge < -0.3 is 19.9 Å². The zero-order chi connectivity index (χ0) is 23.1. The summed E-state index contributed by atoms with van der Waals surface area (Å²) in [5.74, 6) is 1.41. The summed E-state index contributed by atoms with van der Waals surface area (Å²) in [4.78, 5) is 16.8. The van der Waals surface area contributed by atoms with Crippen LogP contribution in [0.25, 0.3) is 11.0 Å². The Balaban J connectivity index is 1.70. The van der Waals surface area contributed by atoms with Crippen molar-refractivity contribution < 1.29 is 9.53 Å². The summed E-state index contributed by atoms with van der Waals surface area (Å²) in [5, 5.41) is 6.49. The lowest BCUT2D eigenvalue weighted by atomic mass is 10.0. The number of para-hydroxylation sites is 2. The average molecular weight is 437 g/mol. The molecule has 172 valence electrons. The highest BCUT2D eigenvalue weighted by Gasteiger charge is 2.23. The standard InChI is InChI=1S/C26H36N4O2/c1-19(2)23(27-16-11-17-28-25(31)32-26(3,4)5)24-29-21-14-9-10-15-22(21)30(24)18-20-12-7-6-8-13-20/h6-10,12-15,19,23,27H,11,16-18H2,1-5H3,(H,28,31)/t23-/m1/s1. The smallest absolute Gasteiger partial charge is 0.407 e. The summed E-state index contributed by atoms with van der Waals surface area (Å²) in [5.41, 5.74) is 2.92. The molecule has 32 heavy (non-hydrogen) atoms. The van der Waals surface area contributed by atoms with Crippen molar-refractivity contribution in [2.45, 2.75) is 59.2 Å². The van der Waals surface area contributed by atoms with E-state index in [1.54, 1.807) is 0 Å². The molecule has 0 aliphatic rings. The number of hydrogen-bond donors (Lipinski definition) is 2. The first-order valence-corrected chi connectivity index (χ1v) is 11.4. The number of ether oxygens (including phenoxy) is 1. The van der Waals surface area contributed by atoms with Crippen LogP contribution in [0.1, 0.15) is 58.5 Å². The lowest BCUT2D eigenvalue weighted by Gasteiger charge is -2.24. The second kappa shape index (κ2) is 10.6. The summed E-state index contributed by atoms with van der Waals surface area (Å²) in [6.07, 6.45) is 0.434. The molecule has 2 aromatic carbocycles. The lowest BCUT2D eigenvalue weighted by molar-refractivity contribution is 0.0527. The maximum atomic E-state index is 11.8. The van der Waals surface area contributed by atoms with E-state index in [1.165, 1.54) is 5.56 Å². The van der Waals surface area contributed by atoms with Crippen LogP contribution in [-0.2, 0) is 11.3 Å². The summed E-state index contributed by atoms with van der Waals surface area (Å²) in [6, 6.07) is 18.9. The molecule has 0 bridgehead atoms. The topological polar surface area (TPSA) is 68.2 Å². The van der Waals surface area contributed by atoms with Crippen LogP contribution in [-0.4, -0.2) is 34.3 Å². The molecule has 1 heterocycles. The number of hydrogen-bond acceptors (Lipinski definition) is 4.